The normalized spacial score (nSPS) is 13.7. The van der Waals surface area contributed by atoms with Gasteiger partial charge >= 0.3 is 11.6 Å². The highest BCUT2D eigenvalue weighted by Gasteiger charge is 2.24. The molecule has 1 saturated heterocycles. The third-order valence-electron chi connectivity index (χ3n) is 5.29. The van der Waals surface area contributed by atoms with Crippen molar-refractivity contribution in [3.63, 3.8) is 0 Å². The van der Waals surface area contributed by atoms with Gasteiger partial charge in [-0.15, -0.1) is 0 Å². The highest BCUT2D eigenvalue weighted by molar-refractivity contribution is 7.51. The topological polar surface area (TPSA) is 110 Å². The average molecular weight is 458 g/mol. The fourth-order valence-electron chi connectivity index (χ4n) is 3.84. The fraction of sp³-hybridized carbons (Fsp3) is 0.364. The molecule has 3 heterocycles. The number of nitrogens with one attached hydrogen (secondary N) is 1. The molecule has 0 bridgehead atoms. The first-order valence-electron chi connectivity index (χ1n) is 10.1. The van der Waals surface area contributed by atoms with Crippen LogP contribution in [0.5, 0.6) is 5.75 Å². The summed E-state index contributed by atoms with van der Waals surface area (Å²) >= 11 is -0.750. The Morgan fingerprint density at radius 1 is 1.16 bits per heavy atom. The Hall–Kier alpha value is -3.08. The Bertz CT molecular complexity index is 1100. The van der Waals surface area contributed by atoms with E-state index in [9.17, 15) is 5.11 Å². The van der Waals surface area contributed by atoms with Crippen LogP contribution in [-0.4, -0.2) is 59.3 Å². The third-order valence-corrected chi connectivity index (χ3v) is 5.29. The number of β-amino-alcohol motifs (C(OH)–C–C–N with tert-alkyl or cyclic N) is 1. The number of benzene rings is 1. The Balaban J connectivity index is 0.000000913. The molecule has 2 N–H and O–H groups in total. The molecule has 0 spiro atoms. The first kappa shape index (κ1) is 23.6. The van der Waals surface area contributed by atoms with E-state index in [0.717, 1.165) is 48.0 Å². The molecule has 1 fully saturated rings. The Morgan fingerprint density at radius 3 is 2.41 bits per heavy atom. The number of ether oxygens (including phenoxy) is 1. The maximum atomic E-state index is 9.49. The summed E-state index contributed by atoms with van der Waals surface area (Å²) in [5, 5.41) is 12.8. The van der Waals surface area contributed by atoms with Crippen LogP contribution in [-0.2, 0) is 18.1 Å². The average Bonchev–Trinajstić information content (AvgIpc) is 3.08. The molecule has 1 aliphatic rings. The summed E-state index contributed by atoms with van der Waals surface area (Å²) in [7, 11) is 1.69. The molecule has 2 aromatic heterocycles. The lowest BCUT2D eigenvalue weighted by molar-refractivity contribution is -0.00295. The van der Waals surface area contributed by atoms with Crippen LogP contribution in [0.2, 0.25) is 0 Å². The van der Waals surface area contributed by atoms with Gasteiger partial charge in [0.1, 0.15) is 11.6 Å². The van der Waals surface area contributed by atoms with Crippen LogP contribution < -0.4 is 10.1 Å². The Labute approximate surface area is 190 Å². The minimum atomic E-state index is -0.750. The van der Waals surface area contributed by atoms with Gasteiger partial charge in [-0.2, -0.15) is 13.4 Å². The summed E-state index contributed by atoms with van der Waals surface area (Å²) in [5.41, 5.74) is 5.51. The number of aliphatic hydroxyl groups is 1. The summed E-state index contributed by atoms with van der Waals surface area (Å²) in [4.78, 5) is 11.3. The maximum absolute atomic E-state index is 9.49. The van der Waals surface area contributed by atoms with Crippen LogP contribution in [0, 0.1) is 20.8 Å². The van der Waals surface area contributed by atoms with Crippen LogP contribution in [0.3, 0.4) is 0 Å². The van der Waals surface area contributed by atoms with E-state index in [2.05, 4.69) is 39.5 Å². The molecule has 170 valence electrons. The van der Waals surface area contributed by atoms with Gasteiger partial charge in [0, 0.05) is 43.9 Å². The molecule has 0 aliphatic carbocycles. The van der Waals surface area contributed by atoms with Crippen LogP contribution in [0.25, 0.3) is 5.82 Å². The number of anilines is 2. The smallest absolute Gasteiger partial charge is 0.335 e. The van der Waals surface area contributed by atoms with E-state index >= 15 is 0 Å². The molecule has 1 aromatic carbocycles. The molecule has 0 saturated carbocycles. The van der Waals surface area contributed by atoms with Gasteiger partial charge in [-0.05, 0) is 61.2 Å². The molecule has 0 amide bonds. The van der Waals surface area contributed by atoms with Gasteiger partial charge in [0.05, 0.1) is 13.2 Å². The highest BCUT2D eigenvalue weighted by atomic mass is 32.1. The number of aryl methyl sites for hydroxylation is 3. The van der Waals surface area contributed by atoms with E-state index in [0.29, 0.717) is 5.95 Å². The van der Waals surface area contributed by atoms with Gasteiger partial charge in [0.15, 0.2) is 0 Å². The van der Waals surface area contributed by atoms with Gasteiger partial charge < -0.3 is 19.7 Å². The van der Waals surface area contributed by atoms with E-state index in [4.69, 9.17) is 13.2 Å². The second-order valence-corrected chi connectivity index (χ2v) is 7.93. The van der Waals surface area contributed by atoms with Crippen molar-refractivity contribution in [2.45, 2.75) is 33.4 Å². The number of likely N-dealkylation sites (tertiary alicyclic amines) is 1. The molecule has 0 unspecified atom stereocenters. The largest absolute Gasteiger partial charge is 0.496 e. The fourth-order valence-corrected chi connectivity index (χ4v) is 3.84. The molecular formula is C22H27N5O4S. The predicted octanol–water partition coefficient (Wildman–Crippen LogP) is 2.45. The molecule has 4 rings (SSSR count). The van der Waals surface area contributed by atoms with Crippen molar-refractivity contribution >= 4 is 23.2 Å². The number of nitrogens with zero attached hydrogens (tertiary/aromatic N) is 4. The van der Waals surface area contributed by atoms with Crippen LogP contribution in [0.1, 0.15) is 22.3 Å². The van der Waals surface area contributed by atoms with Gasteiger partial charge in [-0.25, -0.2) is 4.98 Å². The van der Waals surface area contributed by atoms with E-state index in [1.807, 2.05) is 36.6 Å². The predicted molar refractivity (Wildman–Crippen MR) is 122 cm³/mol. The van der Waals surface area contributed by atoms with Crippen molar-refractivity contribution in [2.75, 3.05) is 25.5 Å². The second-order valence-electron chi connectivity index (χ2n) is 7.80. The van der Waals surface area contributed by atoms with Crippen LogP contribution >= 0.6 is 0 Å². The quantitative estimate of drug-likeness (QED) is 0.581. The summed E-state index contributed by atoms with van der Waals surface area (Å²) in [6, 6.07) is 5.95. The van der Waals surface area contributed by atoms with Crippen LogP contribution in [0.4, 0.5) is 11.6 Å². The standard InChI is InChI=1S/C22H27N5O2.O2S/c1-14-7-18(8-15(2)21(14)29-4)24-22-23-6-5-20(25-22)27-9-16(3)17(11-27)10-26-12-19(28)13-26;1-3-2/h5-9,11,19,28H,10,12-13H2,1-4H3,(H,23,24,25);. The van der Waals surface area contributed by atoms with Gasteiger partial charge in [0.25, 0.3) is 0 Å². The van der Waals surface area contributed by atoms with Gasteiger partial charge in [0.2, 0.25) is 5.95 Å². The SMILES string of the molecule is COc1c(C)cc(Nc2nccc(-n3cc(C)c(CN4CC(O)C4)c3)n2)cc1C.O=S=O. The molecule has 32 heavy (non-hydrogen) atoms. The number of methoxy groups -OCH3 is 1. The minimum absolute atomic E-state index is 0.182. The molecule has 3 aromatic rings. The number of rotatable bonds is 6. The van der Waals surface area contributed by atoms with E-state index in [-0.39, 0.29) is 6.10 Å². The van der Waals surface area contributed by atoms with Crippen molar-refractivity contribution in [2.24, 2.45) is 0 Å². The number of hydrogen-bond acceptors (Lipinski definition) is 8. The van der Waals surface area contributed by atoms with E-state index in [1.54, 1.807) is 13.3 Å². The summed E-state index contributed by atoms with van der Waals surface area (Å²) < 4.78 is 24.0. The lowest BCUT2D eigenvalue weighted by Gasteiger charge is -2.35. The second kappa shape index (κ2) is 10.5. The molecule has 9 nitrogen and oxygen atoms in total. The van der Waals surface area contributed by atoms with Crippen molar-refractivity contribution in [1.29, 1.82) is 0 Å². The van der Waals surface area contributed by atoms with E-state index in [1.165, 1.54) is 11.1 Å². The highest BCUT2D eigenvalue weighted by Crippen LogP contribution is 2.28. The summed E-state index contributed by atoms with van der Waals surface area (Å²) in [6.07, 6.45) is 5.76. The maximum Gasteiger partial charge on any atom is 0.335 e. The first-order chi connectivity index (χ1) is 15.3. The zero-order valence-electron chi connectivity index (χ0n) is 18.5. The molecule has 0 atom stereocenters. The molecule has 10 heteroatoms. The van der Waals surface area contributed by atoms with E-state index < -0.39 is 11.6 Å². The first-order valence-corrected chi connectivity index (χ1v) is 10.8. The van der Waals surface area contributed by atoms with Crippen molar-refractivity contribution in [3.8, 4) is 11.6 Å². The van der Waals surface area contributed by atoms with Crippen molar-refractivity contribution < 1.29 is 18.3 Å². The third kappa shape index (κ3) is 5.58. The van der Waals surface area contributed by atoms with Crippen molar-refractivity contribution in [3.05, 3.63) is 59.0 Å². The molecular weight excluding hydrogens is 430 g/mol. The van der Waals surface area contributed by atoms with Gasteiger partial charge in [-0.1, -0.05) is 0 Å². The Kier molecular flexibility index (Phi) is 7.73. The van der Waals surface area contributed by atoms with Crippen LogP contribution in [0.15, 0.2) is 36.8 Å². The molecule has 1 aliphatic heterocycles. The lowest BCUT2D eigenvalue weighted by Crippen LogP contribution is -2.49. The number of aliphatic hydroxyl groups excluding tert-OH is 1. The molecule has 0 radical (unpaired) electrons. The van der Waals surface area contributed by atoms with Gasteiger partial charge in [-0.3, -0.25) is 4.90 Å². The zero-order chi connectivity index (χ0) is 23.3. The zero-order valence-corrected chi connectivity index (χ0v) is 19.3. The summed E-state index contributed by atoms with van der Waals surface area (Å²) in [5.74, 6) is 2.25. The number of hydrogen-bond donors (Lipinski definition) is 2. The lowest BCUT2D eigenvalue weighted by atomic mass is 10.1. The minimum Gasteiger partial charge on any atom is -0.496 e. The Morgan fingerprint density at radius 2 is 1.81 bits per heavy atom. The monoisotopic (exact) mass is 457 g/mol. The summed E-state index contributed by atoms with van der Waals surface area (Å²) in [6.45, 7) is 8.48. The number of aromatic nitrogens is 3. The van der Waals surface area contributed by atoms with Crippen molar-refractivity contribution in [1.82, 2.24) is 19.4 Å².